The second-order valence-electron chi connectivity index (χ2n) is 2.04. The van der Waals surface area contributed by atoms with Crippen LogP contribution in [0.25, 0.3) is 0 Å². The lowest BCUT2D eigenvalue weighted by Crippen LogP contribution is -1.95. The number of hydrogen-bond donors (Lipinski definition) is 0. The highest BCUT2D eigenvalue weighted by Crippen LogP contribution is 2.26. The minimum absolute atomic E-state index is 0.365. The molecule has 1 heterocycles. The van der Waals surface area contributed by atoms with Gasteiger partial charge in [-0.2, -0.15) is 5.26 Å². The van der Waals surface area contributed by atoms with Crippen molar-refractivity contribution in [3.05, 3.63) is 23.0 Å². The van der Waals surface area contributed by atoms with Crippen LogP contribution in [0.2, 0.25) is 5.02 Å². The molecule has 0 spiro atoms. The third kappa shape index (κ3) is 1.66. The smallest absolute Gasteiger partial charge is 0.158 e. The van der Waals surface area contributed by atoms with Crippen molar-refractivity contribution < 1.29 is 4.74 Å². The average molecular weight is 183 g/mol. The maximum Gasteiger partial charge on any atom is 0.158 e. The fourth-order valence-corrected chi connectivity index (χ4v) is 1.01. The zero-order valence-corrected chi connectivity index (χ0v) is 7.30. The summed E-state index contributed by atoms with van der Waals surface area (Å²) in [5.41, 5.74) is 0.365. The van der Waals surface area contributed by atoms with Gasteiger partial charge in [0.05, 0.1) is 6.61 Å². The monoisotopic (exact) mass is 182 g/mol. The lowest BCUT2D eigenvalue weighted by atomic mass is 10.3. The highest BCUT2D eigenvalue weighted by Gasteiger charge is 2.07. The van der Waals surface area contributed by atoms with Crippen LogP contribution < -0.4 is 4.74 Å². The lowest BCUT2D eigenvalue weighted by Gasteiger charge is -2.05. The number of pyridine rings is 1. The summed E-state index contributed by atoms with van der Waals surface area (Å²) in [6, 6.07) is 1.95. The summed E-state index contributed by atoms with van der Waals surface area (Å²) in [7, 11) is 0. The fraction of sp³-hybridized carbons (Fsp3) is 0.250. The van der Waals surface area contributed by atoms with Crippen LogP contribution in [0, 0.1) is 11.3 Å². The van der Waals surface area contributed by atoms with Gasteiger partial charge >= 0.3 is 0 Å². The van der Waals surface area contributed by atoms with Gasteiger partial charge in [0.15, 0.2) is 5.75 Å². The van der Waals surface area contributed by atoms with Gasteiger partial charge < -0.3 is 4.74 Å². The second kappa shape index (κ2) is 3.93. The van der Waals surface area contributed by atoms with Crippen molar-refractivity contribution in [3.8, 4) is 11.8 Å². The Bertz CT molecular complexity index is 319. The average Bonchev–Trinajstić information content (AvgIpc) is 2.09. The minimum Gasteiger partial charge on any atom is -0.491 e. The first-order valence-electron chi connectivity index (χ1n) is 3.46. The Balaban J connectivity index is 3.13. The molecule has 1 aromatic rings. The summed E-state index contributed by atoms with van der Waals surface area (Å²) in [6.45, 7) is 2.32. The van der Waals surface area contributed by atoms with Crippen LogP contribution in [0.3, 0.4) is 0 Å². The van der Waals surface area contributed by atoms with Gasteiger partial charge in [0.2, 0.25) is 0 Å². The summed E-state index contributed by atoms with van der Waals surface area (Å²) in [4.78, 5) is 3.76. The summed E-state index contributed by atoms with van der Waals surface area (Å²) < 4.78 is 5.16. The highest BCUT2D eigenvalue weighted by molar-refractivity contribution is 6.32. The van der Waals surface area contributed by atoms with Gasteiger partial charge in [-0.3, -0.25) is 4.98 Å². The minimum atomic E-state index is 0.365. The van der Waals surface area contributed by atoms with Crippen LogP contribution >= 0.6 is 11.6 Å². The normalized spacial score (nSPS) is 9.08. The molecule has 0 atom stereocenters. The molecule has 1 rings (SSSR count). The topological polar surface area (TPSA) is 45.9 Å². The maximum absolute atomic E-state index is 8.64. The zero-order valence-electron chi connectivity index (χ0n) is 6.54. The first-order chi connectivity index (χ1) is 5.79. The van der Waals surface area contributed by atoms with Crippen molar-refractivity contribution >= 4 is 11.6 Å². The molecule has 3 nitrogen and oxygen atoms in total. The molecular formula is C8H7ClN2O. The van der Waals surface area contributed by atoms with E-state index in [0.717, 1.165) is 0 Å². The molecule has 0 amide bonds. The number of hydrogen-bond acceptors (Lipinski definition) is 3. The summed E-state index contributed by atoms with van der Waals surface area (Å²) in [6.07, 6.45) is 2.88. The zero-order chi connectivity index (χ0) is 8.97. The van der Waals surface area contributed by atoms with Crippen molar-refractivity contribution in [2.75, 3.05) is 6.61 Å². The van der Waals surface area contributed by atoms with E-state index in [1.165, 1.54) is 12.4 Å². The molecule has 4 heteroatoms. The molecule has 0 fully saturated rings. The molecule has 0 aromatic carbocycles. The molecule has 0 saturated heterocycles. The molecule has 1 aromatic heterocycles. The van der Waals surface area contributed by atoms with E-state index in [0.29, 0.717) is 22.9 Å². The molecule has 62 valence electrons. The van der Waals surface area contributed by atoms with Crippen LogP contribution in [0.5, 0.6) is 5.75 Å². The first kappa shape index (κ1) is 8.82. The predicted molar refractivity (Wildman–Crippen MR) is 45.1 cm³/mol. The van der Waals surface area contributed by atoms with Crippen molar-refractivity contribution in [3.63, 3.8) is 0 Å². The summed E-state index contributed by atoms with van der Waals surface area (Å²) in [5, 5.41) is 9.01. The van der Waals surface area contributed by atoms with E-state index in [2.05, 4.69) is 4.98 Å². The number of halogens is 1. The summed E-state index contributed by atoms with van der Waals surface area (Å²) >= 11 is 5.75. The standard InChI is InChI=1S/C8H7ClN2O/c1-2-12-8-6(3-10)4-11-5-7(8)9/h4-5H,2H2,1H3. The van der Waals surface area contributed by atoms with E-state index in [1.54, 1.807) is 0 Å². The van der Waals surface area contributed by atoms with E-state index in [-0.39, 0.29) is 0 Å². The predicted octanol–water partition coefficient (Wildman–Crippen LogP) is 2.01. The van der Waals surface area contributed by atoms with Gasteiger partial charge in [-0.25, -0.2) is 0 Å². The van der Waals surface area contributed by atoms with E-state index >= 15 is 0 Å². The molecule has 0 aliphatic heterocycles. The number of ether oxygens (including phenoxy) is 1. The van der Waals surface area contributed by atoms with Gasteiger partial charge in [0.25, 0.3) is 0 Å². The number of nitrogens with zero attached hydrogens (tertiary/aromatic N) is 2. The molecular weight excluding hydrogens is 176 g/mol. The Morgan fingerprint density at radius 3 is 3.00 bits per heavy atom. The quantitative estimate of drug-likeness (QED) is 0.703. The van der Waals surface area contributed by atoms with Crippen LogP contribution in [0.15, 0.2) is 12.4 Å². The van der Waals surface area contributed by atoms with Gasteiger partial charge in [-0.15, -0.1) is 0 Å². The summed E-state index contributed by atoms with van der Waals surface area (Å²) in [5.74, 6) is 0.414. The van der Waals surface area contributed by atoms with Crippen molar-refractivity contribution in [1.82, 2.24) is 4.98 Å². The molecule has 0 bridgehead atoms. The Morgan fingerprint density at radius 2 is 2.42 bits per heavy atom. The fourth-order valence-electron chi connectivity index (χ4n) is 0.794. The van der Waals surface area contributed by atoms with Crippen molar-refractivity contribution in [2.45, 2.75) is 6.92 Å². The van der Waals surface area contributed by atoms with Gasteiger partial charge in [0, 0.05) is 12.4 Å². The largest absolute Gasteiger partial charge is 0.491 e. The molecule has 12 heavy (non-hydrogen) atoms. The molecule has 0 radical (unpaired) electrons. The third-order valence-corrected chi connectivity index (χ3v) is 1.53. The first-order valence-corrected chi connectivity index (χ1v) is 3.83. The molecule has 0 aliphatic rings. The van der Waals surface area contributed by atoms with Crippen LogP contribution in [0.1, 0.15) is 12.5 Å². The van der Waals surface area contributed by atoms with Crippen molar-refractivity contribution in [1.29, 1.82) is 5.26 Å². The van der Waals surface area contributed by atoms with Gasteiger partial charge in [-0.05, 0) is 6.92 Å². The molecule has 0 unspecified atom stereocenters. The van der Waals surface area contributed by atoms with E-state index in [9.17, 15) is 0 Å². The highest BCUT2D eigenvalue weighted by atomic mass is 35.5. The van der Waals surface area contributed by atoms with E-state index < -0.39 is 0 Å². The van der Waals surface area contributed by atoms with Crippen LogP contribution in [-0.2, 0) is 0 Å². The van der Waals surface area contributed by atoms with Crippen LogP contribution in [0.4, 0.5) is 0 Å². The Kier molecular flexibility index (Phi) is 2.89. The molecule has 0 saturated carbocycles. The Hall–Kier alpha value is -1.27. The molecule has 0 N–H and O–H groups in total. The van der Waals surface area contributed by atoms with Gasteiger partial charge in [0.1, 0.15) is 16.7 Å². The Labute approximate surface area is 75.6 Å². The second-order valence-corrected chi connectivity index (χ2v) is 2.45. The van der Waals surface area contributed by atoms with E-state index in [4.69, 9.17) is 21.6 Å². The number of rotatable bonds is 2. The van der Waals surface area contributed by atoms with Gasteiger partial charge in [-0.1, -0.05) is 11.6 Å². The third-order valence-electron chi connectivity index (χ3n) is 1.26. The number of nitriles is 1. The van der Waals surface area contributed by atoms with E-state index in [1.807, 2.05) is 13.0 Å². The maximum atomic E-state index is 8.64. The van der Waals surface area contributed by atoms with Crippen molar-refractivity contribution in [2.24, 2.45) is 0 Å². The molecule has 0 aliphatic carbocycles. The lowest BCUT2D eigenvalue weighted by molar-refractivity contribution is 0.339. The van der Waals surface area contributed by atoms with Crippen LogP contribution in [-0.4, -0.2) is 11.6 Å². The number of aromatic nitrogens is 1. The SMILES string of the molecule is CCOc1c(Cl)cncc1C#N. The Morgan fingerprint density at radius 1 is 1.67 bits per heavy atom.